The van der Waals surface area contributed by atoms with Crippen LogP contribution in [0, 0.1) is 0 Å². The van der Waals surface area contributed by atoms with E-state index in [0.717, 1.165) is 5.94 Å². The summed E-state index contributed by atoms with van der Waals surface area (Å²) in [5.41, 5.74) is 0.0231. The van der Waals surface area contributed by atoms with Crippen molar-refractivity contribution in [1.29, 1.82) is 0 Å². The van der Waals surface area contributed by atoms with Gasteiger partial charge < -0.3 is 9.84 Å². The summed E-state index contributed by atoms with van der Waals surface area (Å²) in [5.74, 6) is 0.740. The van der Waals surface area contributed by atoms with E-state index in [2.05, 4.69) is 5.32 Å². The van der Waals surface area contributed by atoms with Crippen molar-refractivity contribution in [3.05, 3.63) is 0 Å². The maximum atomic E-state index is 8.68. The molecule has 1 fully saturated rings. The molecule has 1 unspecified atom stereocenters. The molecule has 2 atom stereocenters. The molecule has 1 rings (SSSR count). The molecule has 4 heteroatoms. The van der Waals surface area contributed by atoms with Gasteiger partial charge in [-0.1, -0.05) is 11.8 Å². The maximum absolute atomic E-state index is 8.68. The van der Waals surface area contributed by atoms with Crippen LogP contribution in [0.25, 0.3) is 0 Å². The third-order valence-electron chi connectivity index (χ3n) is 0.816. The Balaban J connectivity index is 2.01. The summed E-state index contributed by atoms with van der Waals surface area (Å²) in [6.45, 7) is 1.67. The van der Waals surface area contributed by atoms with Crippen LogP contribution in [-0.2, 0) is 4.74 Å². The van der Waals surface area contributed by atoms with E-state index in [-0.39, 0.29) is 5.56 Å². The van der Waals surface area contributed by atoms with Crippen molar-refractivity contribution in [2.24, 2.45) is 0 Å². The lowest BCUT2D eigenvalue weighted by Crippen LogP contribution is -2.41. The van der Waals surface area contributed by atoms with Crippen molar-refractivity contribution in [2.75, 3.05) is 5.94 Å². The molecule has 0 aromatic heterocycles. The molecular formula is C4H9NO2S. The van der Waals surface area contributed by atoms with Crippen LogP contribution in [-0.4, -0.2) is 22.8 Å². The van der Waals surface area contributed by atoms with Crippen molar-refractivity contribution >= 4 is 11.8 Å². The highest BCUT2D eigenvalue weighted by atomic mass is 32.2. The molecule has 2 N–H and O–H groups in total. The minimum atomic E-state index is -0.465. The molecular weight excluding hydrogens is 126 g/mol. The van der Waals surface area contributed by atoms with Crippen LogP contribution in [0.4, 0.5) is 0 Å². The van der Waals surface area contributed by atoms with Gasteiger partial charge in [-0.05, 0) is 6.92 Å². The van der Waals surface area contributed by atoms with E-state index in [9.17, 15) is 0 Å². The number of aliphatic hydroxyl groups is 1. The summed E-state index contributed by atoms with van der Waals surface area (Å²) in [4.78, 5) is 0. The van der Waals surface area contributed by atoms with Crippen molar-refractivity contribution < 1.29 is 9.84 Å². The molecule has 0 amide bonds. The standard InChI is InChI=1S/C4H9NO2S/c1-3(6)5-4-7-2-8-4/h3-6H,2H2,1H3/t3?,4-/m0/s1. The van der Waals surface area contributed by atoms with Crippen molar-refractivity contribution in [3.8, 4) is 0 Å². The average Bonchev–Trinajstić information content (AvgIpc) is 1.55. The summed E-state index contributed by atoms with van der Waals surface area (Å²) in [7, 11) is 0. The Bertz CT molecular complexity index is 74.4. The molecule has 3 nitrogen and oxygen atoms in total. The first-order valence-corrected chi connectivity index (χ1v) is 3.51. The van der Waals surface area contributed by atoms with E-state index in [1.165, 1.54) is 0 Å². The fourth-order valence-corrected chi connectivity index (χ4v) is 0.995. The number of ether oxygens (including phenoxy) is 1. The Labute approximate surface area is 52.4 Å². The molecule has 0 aromatic rings. The normalized spacial score (nSPS) is 31.5. The zero-order chi connectivity index (χ0) is 5.98. The van der Waals surface area contributed by atoms with Gasteiger partial charge in [0.2, 0.25) is 0 Å². The van der Waals surface area contributed by atoms with E-state index in [0.29, 0.717) is 0 Å². The number of nitrogens with one attached hydrogen (secondary N) is 1. The topological polar surface area (TPSA) is 41.5 Å². The van der Waals surface area contributed by atoms with Gasteiger partial charge in [0.1, 0.15) is 6.23 Å². The number of hydrogen-bond donors (Lipinski definition) is 2. The van der Waals surface area contributed by atoms with Gasteiger partial charge in [-0.2, -0.15) is 0 Å². The summed E-state index contributed by atoms with van der Waals surface area (Å²) in [6, 6.07) is 0. The number of hydrogen-bond acceptors (Lipinski definition) is 4. The van der Waals surface area contributed by atoms with Crippen LogP contribution >= 0.6 is 11.8 Å². The zero-order valence-electron chi connectivity index (χ0n) is 4.63. The lowest BCUT2D eigenvalue weighted by atomic mass is 10.7. The molecule has 0 saturated carbocycles. The highest BCUT2D eigenvalue weighted by molar-refractivity contribution is 8.00. The van der Waals surface area contributed by atoms with E-state index >= 15 is 0 Å². The molecule has 1 heterocycles. The second kappa shape index (κ2) is 2.68. The van der Waals surface area contributed by atoms with Gasteiger partial charge in [0.05, 0.1) is 5.94 Å². The minimum absolute atomic E-state index is 0.0231. The molecule has 0 aromatic carbocycles. The Morgan fingerprint density at radius 1 is 2.00 bits per heavy atom. The Morgan fingerprint density at radius 2 is 2.62 bits per heavy atom. The molecule has 1 aliphatic rings. The van der Waals surface area contributed by atoms with Gasteiger partial charge in [-0.15, -0.1) is 0 Å². The third kappa shape index (κ3) is 1.63. The number of aliphatic hydroxyl groups excluding tert-OH is 1. The largest absolute Gasteiger partial charge is 0.379 e. The highest BCUT2D eigenvalue weighted by Crippen LogP contribution is 2.21. The van der Waals surface area contributed by atoms with Gasteiger partial charge in [-0.25, -0.2) is 0 Å². The molecule has 1 aliphatic heterocycles. The van der Waals surface area contributed by atoms with Crippen molar-refractivity contribution in [1.82, 2.24) is 5.32 Å². The average molecular weight is 135 g/mol. The Morgan fingerprint density at radius 3 is 2.75 bits per heavy atom. The first-order valence-electron chi connectivity index (χ1n) is 2.46. The number of thioether (sulfide) groups is 1. The summed E-state index contributed by atoms with van der Waals surface area (Å²) in [6.07, 6.45) is -0.465. The van der Waals surface area contributed by atoms with E-state index < -0.39 is 6.23 Å². The molecule has 0 spiro atoms. The fourth-order valence-electron chi connectivity index (χ4n) is 0.429. The molecule has 0 bridgehead atoms. The zero-order valence-corrected chi connectivity index (χ0v) is 5.44. The lowest BCUT2D eigenvalue weighted by Gasteiger charge is -2.27. The first kappa shape index (κ1) is 6.35. The van der Waals surface area contributed by atoms with Crippen LogP contribution in [0.3, 0.4) is 0 Å². The maximum Gasteiger partial charge on any atom is 0.161 e. The molecule has 1 saturated heterocycles. The Hall–Kier alpha value is 0.230. The smallest absolute Gasteiger partial charge is 0.161 e. The SMILES string of the molecule is CC(O)N[C@H]1OCS1. The van der Waals surface area contributed by atoms with Crippen LogP contribution in [0.15, 0.2) is 0 Å². The van der Waals surface area contributed by atoms with Gasteiger partial charge in [0, 0.05) is 0 Å². The van der Waals surface area contributed by atoms with E-state index in [1.807, 2.05) is 0 Å². The second-order valence-corrected chi connectivity index (χ2v) is 2.62. The van der Waals surface area contributed by atoms with Crippen molar-refractivity contribution in [2.45, 2.75) is 18.7 Å². The van der Waals surface area contributed by atoms with Crippen molar-refractivity contribution in [3.63, 3.8) is 0 Å². The Kier molecular flexibility index (Phi) is 2.13. The van der Waals surface area contributed by atoms with Gasteiger partial charge >= 0.3 is 0 Å². The lowest BCUT2D eigenvalue weighted by molar-refractivity contribution is 0.0404. The molecule has 48 valence electrons. The number of rotatable bonds is 2. The minimum Gasteiger partial charge on any atom is -0.379 e. The van der Waals surface area contributed by atoms with Gasteiger partial charge in [0.15, 0.2) is 5.56 Å². The summed E-state index contributed by atoms with van der Waals surface area (Å²) >= 11 is 1.64. The molecule has 0 radical (unpaired) electrons. The van der Waals surface area contributed by atoms with E-state index in [1.54, 1.807) is 18.7 Å². The second-order valence-electron chi connectivity index (χ2n) is 1.63. The fraction of sp³-hybridized carbons (Fsp3) is 1.00. The summed E-state index contributed by atoms with van der Waals surface area (Å²) in [5, 5.41) is 11.5. The van der Waals surface area contributed by atoms with Crippen LogP contribution in [0.1, 0.15) is 6.92 Å². The van der Waals surface area contributed by atoms with Crippen LogP contribution in [0.2, 0.25) is 0 Å². The van der Waals surface area contributed by atoms with Crippen LogP contribution < -0.4 is 5.32 Å². The van der Waals surface area contributed by atoms with Gasteiger partial charge in [0.25, 0.3) is 0 Å². The molecule has 8 heavy (non-hydrogen) atoms. The van der Waals surface area contributed by atoms with Gasteiger partial charge in [-0.3, -0.25) is 5.32 Å². The predicted molar refractivity (Wildman–Crippen MR) is 32.1 cm³/mol. The predicted octanol–water partition coefficient (Wildman–Crippen LogP) is -0.0812. The quantitative estimate of drug-likeness (QED) is 0.520. The highest BCUT2D eigenvalue weighted by Gasteiger charge is 2.18. The van der Waals surface area contributed by atoms with E-state index in [4.69, 9.17) is 9.84 Å². The molecule has 0 aliphatic carbocycles. The van der Waals surface area contributed by atoms with Crippen LogP contribution in [0.5, 0.6) is 0 Å². The summed E-state index contributed by atoms with van der Waals surface area (Å²) < 4.78 is 4.93. The first-order chi connectivity index (χ1) is 3.79. The monoisotopic (exact) mass is 135 g/mol. The third-order valence-corrected chi connectivity index (χ3v) is 1.66.